The van der Waals surface area contributed by atoms with Crippen LogP contribution in [0.3, 0.4) is 0 Å². The highest BCUT2D eigenvalue weighted by atomic mass is 127. The predicted molar refractivity (Wildman–Crippen MR) is 126 cm³/mol. The molecule has 1 fully saturated rings. The van der Waals surface area contributed by atoms with Crippen LogP contribution in [0, 0.1) is 12.8 Å². The maximum atomic E-state index is 11.6. The van der Waals surface area contributed by atoms with Gasteiger partial charge < -0.3 is 20.5 Å². The van der Waals surface area contributed by atoms with Gasteiger partial charge in [-0.1, -0.05) is 12.1 Å². The Kier molecular flexibility index (Phi) is 8.59. The molecule has 1 amide bonds. The number of rotatable bonds is 5. The SMILES string of the molecule is CN=C(NCCc1c[nH]c2cccc(C)c12)N1CCC(CC(=O)NC)CC1.I. The van der Waals surface area contributed by atoms with Gasteiger partial charge in [0.2, 0.25) is 5.91 Å². The molecular formula is C21H32IN5O. The van der Waals surface area contributed by atoms with Gasteiger partial charge >= 0.3 is 0 Å². The molecule has 6 nitrogen and oxygen atoms in total. The van der Waals surface area contributed by atoms with E-state index in [1.54, 1.807) is 7.05 Å². The minimum Gasteiger partial charge on any atom is -0.361 e. The van der Waals surface area contributed by atoms with E-state index in [4.69, 9.17) is 0 Å². The zero-order valence-corrected chi connectivity index (χ0v) is 19.4. The molecule has 1 aromatic heterocycles. The highest BCUT2D eigenvalue weighted by Crippen LogP contribution is 2.22. The molecule has 0 unspecified atom stereocenters. The number of piperidine rings is 1. The second-order valence-corrected chi connectivity index (χ2v) is 7.34. The molecule has 0 atom stereocenters. The number of nitrogens with zero attached hydrogens (tertiary/aromatic N) is 2. The van der Waals surface area contributed by atoms with Crippen LogP contribution in [0.15, 0.2) is 29.4 Å². The molecular weight excluding hydrogens is 465 g/mol. The van der Waals surface area contributed by atoms with Gasteiger partial charge in [-0.05, 0) is 49.3 Å². The Bertz CT molecular complexity index is 808. The average Bonchev–Trinajstić information content (AvgIpc) is 3.10. The third-order valence-electron chi connectivity index (χ3n) is 5.55. The van der Waals surface area contributed by atoms with Crippen LogP contribution in [0.25, 0.3) is 10.9 Å². The van der Waals surface area contributed by atoms with Crippen LogP contribution in [0.2, 0.25) is 0 Å². The molecule has 1 saturated heterocycles. The molecule has 1 aromatic carbocycles. The fraction of sp³-hybridized carbons (Fsp3) is 0.524. The Hall–Kier alpha value is -1.77. The van der Waals surface area contributed by atoms with Crippen molar-refractivity contribution in [2.45, 2.75) is 32.6 Å². The van der Waals surface area contributed by atoms with Crippen molar-refractivity contribution >= 4 is 46.7 Å². The molecule has 28 heavy (non-hydrogen) atoms. The molecule has 0 aliphatic carbocycles. The van der Waals surface area contributed by atoms with Crippen molar-refractivity contribution in [2.75, 3.05) is 33.7 Å². The molecule has 154 valence electrons. The summed E-state index contributed by atoms with van der Waals surface area (Å²) in [5.41, 5.74) is 3.86. The minimum atomic E-state index is 0. The van der Waals surface area contributed by atoms with E-state index < -0.39 is 0 Å². The topological polar surface area (TPSA) is 72.5 Å². The zero-order chi connectivity index (χ0) is 19.2. The van der Waals surface area contributed by atoms with Crippen molar-refractivity contribution in [2.24, 2.45) is 10.9 Å². The number of fused-ring (bicyclic) bond motifs is 1. The van der Waals surface area contributed by atoms with E-state index >= 15 is 0 Å². The molecule has 1 aliphatic heterocycles. The largest absolute Gasteiger partial charge is 0.361 e. The van der Waals surface area contributed by atoms with Gasteiger partial charge in [0.05, 0.1) is 0 Å². The fourth-order valence-electron chi connectivity index (χ4n) is 4.00. The zero-order valence-electron chi connectivity index (χ0n) is 17.0. The number of aryl methyl sites for hydroxylation is 1. The van der Waals surface area contributed by atoms with Crippen LogP contribution in [0.1, 0.15) is 30.4 Å². The summed E-state index contributed by atoms with van der Waals surface area (Å²) in [5, 5.41) is 7.57. The summed E-state index contributed by atoms with van der Waals surface area (Å²) in [4.78, 5) is 21.7. The summed E-state index contributed by atoms with van der Waals surface area (Å²) < 4.78 is 0. The average molecular weight is 497 g/mol. The maximum absolute atomic E-state index is 11.6. The van der Waals surface area contributed by atoms with Gasteiger partial charge in [-0.2, -0.15) is 0 Å². The van der Waals surface area contributed by atoms with Crippen molar-refractivity contribution in [3.8, 4) is 0 Å². The van der Waals surface area contributed by atoms with Gasteiger partial charge in [-0.25, -0.2) is 0 Å². The third kappa shape index (κ3) is 5.40. The highest BCUT2D eigenvalue weighted by molar-refractivity contribution is 14.0. The van der Waals surface area contributed by atoms with Crippen molar-refractivity contribution in [3.05, 3.63) is 35.5 Å². The van der Waals surface area contributed by atoms with Gasteiger partial charge in [0.15, 0.2) is 5.96 Å². The molecule has 1 aliphatic rings. The number of hydrogen-bond acceptors (Lipinski definition) is 2. The molecule has 0 bridgehead atoms. The van der Waals surface area contributed by atoms with Gasteiger partial charge in [0.1, 0.15) is 0 Å². The third-order valence-corrected chi connectivity index (χ3v) is 5.55. The summed E-state index contributed by atoms with van der Waals surface area (Å²) >= 11 is 0. The predicted octanol–water partition coefficient (Wildman–Crippen LogP) is 3.06. The second-order valence-electron chi connectivity index (χ2n) is 7.34. The summed E-state index contributed by atoms with van der Waals surface area (Å²) in [5.74, 6) is 1.59. The van der Waals surface area contributed by atoms with Crippen molar-refractivity contribution in [1.29, 1.82) is 0 Å². The van der Waals surface area contributed by atoms with E-state index in [9.17, 15) is 4.79 Å². The van der Waals surface area contributed by atoms with Crippen LogP contribution in [0.5, 0.6) is 0 Å². The lowest BCUT2D eigenvalue weighted by atomic mass is 9.93. The van der Waals surface area contributed by atoms with E-state index in [0.717, 1.165) is 44.9 Å². The number of guanidine groups is 1. The quantitative estimate of drug-likeness (QED) is 0.338. The van der Waals surface area contributed by atoms with Crippen LogP contribution in [-0.4, -0.2) is 55.5 Å². The first kappa shape index (κ1) is 22.5. The monoisotopic (exact) mass is 497 g/mol. The minimum absolute atomic E-state index is 0. The summed E-state index contributed by atoms with van der Waals surface area (Å²) in [6.07, 6.45) is 5.78. The lowest BCUT2D eigenvalue weighted by molar-refractivity contribution is -0.121. The van der Waals surface area contributed by atoms with Crippen molar-refractivity contribution in [1.82, 2.24) is 20.5 Å². The number of likely N-dealkylation sites (tertiary alicyclic amines) is 1. The second kappa shape index (κ2) is 10.7. The van der Waals surface area contributed by atoms with Crippen LogP contribution in [0.4, 0.5) is 0 Å². The number of aliphatic imine (C=N–C) groups is 1. The lowest BCUT2D eigenvalue weighted by Crippen LogP contribution is -2.46. The number of aromatic nitrogens is 1. The summed E-state index contributed by atoms with van der Waals surface area (Å²) in [6, 6.07) is 6.38. The van der Waals surface area contributed by atoms with Crippen LogP contribution >= 0.6 is 24.0 Å². The number of carbonyl (C=O) groups is 1. The Morgan fingerprint density at radius 1 is 1.32 bits per heavy atom. The number of amides is 1. The Morgan fingerprint density at radius 3 is 2.75 bits per heavy atom. The maximum Gasteiger partial charge on any atom is 0.220 e. The first-order valence-corrected chi connectivity index (χ1v) is 9.84. The summed E-state index contributed by atoms with van der Waals surface area (Å²) in [7, 11) is 3.55. The Labute approximate surface area is 184 Å². The Balaban J connectivity index is 0.00000280. The number of carbonyl (C=O) groups excluding carboxylic acids is 1. The molecule has 3 N–H and O–H groups in total. The standard InChI is InChI=1S/C21H31N5O.HI/c1-15-5-4-6-18-20(15)17(14-25-18)7-10-24-21(23-3)26-11-8-16(9-12-26)13-19(27)22-2;/h4-6,14,16,25H,7-13H2,1-3H3,(H,22,27)(H,23,24);1H. The number of hydrogen-bond donors (Lipinski definition) is 3. The number of benzene rings is 1. The van der Waals surface area contributed by atoms with Gasteiger partial charge in [0, 0.05) is 57.3 Å². The molecule has 7 heteroatoms. The van der Waals surface area contributed by atoms with E-state index in [-0.39, 0.29) is 29.9 Å². The van der Waals surface area contributed by atoms with Crippen molar-refractivity contribution in [3.63, 3.8) is 0 Å². The van der Waals surface area contributed by atoms with Gasteiger partial charge in [-0.15, -0.1) is 24.0 Å². The molecule has 0 saturated carbocycles. The first-order chi connectivity index (χ1) is 13.1. The molecule has 2 heterocycles. The number of nitrogens with one attached hydrogen (secondary N) is 3. The van der Waals surface area contributed by atoms with Crippen LogP contribution < -0.4 is 10.6 Å². The van der Waals surface area contributed by atoms with Crippen LogP contribution in [-0.2, 0) is 11.2 Å². The van der Waals surface area contributed by atoms with Gasteiger partial charge in [0.25, 0.3) is 0 Å². The van der Waals surface area contributed by atoms with E-state index in [0.29, 0.717) is 12.3 Å². The highest BCUT2D eigenvalue weighted by Gasteiger charge is 2.23. The first-order valence-electron chi connectivity index (χ1n) is 9.84. The van der Waals surface area contributed by atoms with E-state index in [2.05, 4.69) is 56.8 Å². The number of H-pyrrole nitrogens is 1. The molecule has 0 spiro atoms. The van der Waals surface area contributed by atoms with Gasteiger partial charge in [-0.3, -0.25) is 9.79 Å². The normalized spacial score (nSPS) is 15.4. The lowest BCUT2D eigenvalue weighted by Gasteiger charge is -2.34. The van der Waals surface area contributed by atoms with E-state index in [1.165, 1.54) is 22.0 Å². The van der Waals surface area contributed by atoms with E-state index in [1.807, 2.05) is 7.05 Å². The number of aromatic amines is 1. The molecule has 2 aromatic rings. The van der Waals surface area contributed by atoms with Crippen molar-refractivity contribution < 1.29 is 4.79 Å². The molecule has 3 rings (SSSR count). The smallest absolute Gasteiger partial charge is 0.220 e. The molecule has 0 radical (unpaired) electrons. The summed E-state index contributed by atoms with van der Waals surface area (Å²) in [6.45, 7) is 4.92. The number of halogens is 1. The Morgan fingerprint density at radius 2 is 2.07 bits per heavy atom. The fourth-order valence-corrected chi connectivity index (χ4v) is 4.00.